The lowest BCUT2D eigenvalue weighted by Gasteiger charge is -2.40. The van der Waals surface area contributed by atoms with Gasteiger partial charge in [-0.1, -0.05) is 63.4 Å². The monoisotopic (exact) mass is 777 g/mol. The van der Waals surface area contributed by atoms with E-state index in [1.54, 1.807) is 48.2 Å². The first-order chi connectivity index (χ1) is 27.0. The predicted molar refractivity (Wildman–Crippen MR) is 219 cm³/mol. The molecule has 1 aliphatic carbocycles. The Kier molecular flexibility index (Phi) is 17.9. The van der Waals surface area contributed by atoms with E-state index in [9.17, 15) is 23.6 Å². The number of nitrogens with two attached hydrogens (primary N) is 2. The molecular weight excluding hydrogens is 712 g/mol. The van der Waals surface area contributed by atoms with Crippen LogP contribution in [0.3, 0.4) is 0 Å². The highest BCUT2D eigenvalue weighted by Crippen LogP contribution is 2.27. The lowest BCUT2D eigenvalue weighted by molar-refractivity contribution is -0.137. The summed E-state index contributed by atoms with van der Waals surface area (Å²) in [7, 11) is 0. The van der Waals surface area contributed by atoms with Gasteiger partial charge in [-0.3, -0.25) is 29.0 Å². The summed E-state index contributed by atoms with van der Waals surface area (Å²) in [5.74, 6) is 0.568. The zero-order valence-corrected chi connectivity index (χ0v) is 33.9. The number of hydrogen-bond acceptors (Lipinski definition) is 8. The number of nitrogens with one attached hydrogen (secondary N) is 1. The van der Waals surface area contributed by atoms with Crippen molar-refractivity contribution in [1.82, 2.24) is 24.5 Å². The Bertz CT molecular complexity index is 1590. The standard InChI is InChI=1S/C25H44N6O3.C16H15FN2O.C2H6/c26-24(22-4-2-1-3-5-22)25(34)31-16-10-28(11-17-31)18-21-6-8-27(9-7-21)19-23(33)30-14-12-29(20-32)13-15-30;1-10-8-11(6-7-14(10)17)9-15(18)12-4-2-3-5-13(12)16(19)20;1-2/h20-22,24H,1-19,26H2;2-8,18H,9H2,1H3,(H2,19,20);1-2H3. The number of nitrogens with zero attached hydrogens (tertiary/aromatic N) is 5. The average Bonchev–Trinajstić information content (AvgIpc) is 3.24. The summed E-state index contributed by atoms with van der Waals surface area (Å²) in [5, 5.41) is 8.12. The quantitative estimate of drug-likeness (QED) is 0.231. The average molecular weight is 777 g/mol. The number of aryl methyl sites for hydroxylation is 1. The van der Waals surface area contributed by atoms with Gasteiger partial charge in [-0.05, 0) is 80.8 Å². The molecule has 308 valence electrons. The maximum Gasteiger partial charge on any atom is 0.249 e. The van der Waals surface area contributed by atoms with E-state index in [1.807, 2.05) is 23.6 Å². The molecule has 5 N–H and O–H groups in total. The molecule has 3 heterocycles. The number of rotatable bonds is 11. The molecule has 12 nitrogen and oxygen atoms in total. The van der Waals surface area contributed by atoms with Crippen molar-refractivity contribution < 1.29 is 23.6 Å². The fourth-order valence-corrected chi connectivity index (χ4v) is 8.19. The van der Waals surface area contributed by atoms with Gasteiger partial charge in [0.25, 0.3) is 0 Å². The van der Waals surface area contributed by atoms with Gasteiger partial charge in [0.2, 0.25) is 24.1 Å². The van der Waals surface area contributed by atoms with E-state index in [2.05, 4.69) is 9.80 Å². The van der Waals surface area contributed by atoms with Crippen LogP contribution >= 0.6 is 0 Å². The molecule has 1 unspecified atom stereocenters. The molecule has 4 fully saturated rings. The number of halogens is 1. The van der Waals surface area contributed by atoms with Crippen LogP contribution in [0.15, 0.2) is 42.5 Å². The van der Waals surface area contributed by atoms with Crippen LogP contribution in [-0.4, -0.2) is 139 Å². The van der Waals surface area contributed by atoms with Crippen molar-refractivity contribution in [3.05, 3.63) is 70.5 Å². The number of carbonyl (C=O) groups excluding carboxylic acids is 4. The van der Waals surface area contributed by atoms with Crippen molar-refractivity contribution in [1.29, 1.82) is 5.41 Å². The second-order valence-corrected chi connectivity index (χ2v) is 15.4. The van der Waals surface area contributed by atoms with Crippen LogP contribution in [0.2, 0.25) is 0 Å². The molecule has 0 bridgehead atoms. The van der Waals surface area contributed by atoms with E-state index in [1.165, 1.54) is 25.3 Å². The molecule has 56 heavy (non-hydrogen) atoms. The molecule has 4 aliphatic rings. The Balaban J connectivity index is 0.000000269. The fourth-order valence-electron chi connectivity index (χ4n) is 8.19. The van der Waals surface area contributed by atoms with Crippen LogP contribution in [0.1, 0.15) is 85.8 Å². The third kappa shape index (κ3) is 12.9. The van der Waals surface area contributed by atoms with Crippen molar-refractivity contribution >= 4 is 29.8 Å². The summed E-state index contributed by atoms with van der Waals surface area (Å²) < 4.78 is 13.2. The molecule has 4 amide bonds. The first-order valence-electron chi connectivity index (χ1n) is 20.7. The number of hydrogen-bond donors (Lipinski definition) is 3. The summed E-state index contributed by atoms with van der Waals surface area (Å²) in [4.78, 5) is 58.1. The minimum atomic E-state index is -0.555. The van der Waals surface area contributed by atoms with Crippen molar-refractivity contribution in [2.75, 3.05) is 78.5 Å². The molecule has 13 heteroatoms. The highest BCUT2D eigenvalue weighted by atomic mass is 19.1. The van der Waals surface area contributed by atoms with Gasteiger partial charge in [-0.15, -0.1) is 0 Å². The van der Waals surface area contributed by atoms with Crippen LogP contribution in [0.5, 0.6) is 0 Å². The first-order valence-corrected chi connectivity index (χ1v) is 20.7. The molecule has 3 saturated heterocycles. The van der Waals surface area contributed by atoms with Crippen LogP contribution in [0.25, 0.3) is 0 Å². The highest BCUT2D eigenvalue weighted by Gasteiger charge is 2.32. The Morgan fingerprint density at radius 1 is 0.821 bits per heavy atom. The van der Waals surface area contributed by atoms with E-state index >= 15 is 0 Å². The van der Waals surface area contributed by atoms with Gasteiger partial charge < -0.3 is 31.6 Å². The van der Waals surface area contributed by atoms with Gasteiger partial charge in [0.05, 0.1) is 12.6 Å². The van der Waals surface area contributed by atoms with Crippen molar-refractivity contribution in [3.63, 3.8) is 0 Å². The molecular formula is C43H65FN8O4. The van der Waals surface area contributed by atoms with Crippen LogP contribution < -0.4 is 11.5 Å². The van der Waals surface area contributed by atoms with E-state index in [0.29, 0.717) is 67.7 Å². The summed E-state index contributed by atoms with van der Waals surface area (Å²) in [6.07, 6.45) is 9.36. The number of piperazine rings is 2. The van der Waals surface area contributed by atoms with Gasteiger partial charge in [0.1, 0.15) is 5.82 Å². The predicted octanol–water partition coefficient (Wildman–Crippen LogP) is 3.92. The zero-order chi connectivity index (χ0) is 40.6. The maximum absolute atomic E-state index is 13.2. The third-order valence-electron chi connectivity index (χ3n) is 11.6. The Morgan fingerprint density at radius 3 is 2.02 bits per heavy atom. The van der Waals surface area contributed by atoms with E-state index < -0.39 is 5.91 Å². The summed E-state index contributed by atoms with van der Waals surface area (Å²) in [6, 6.07) is 11.2. The first kappa shape index (κ1) is 44.5. The molecule has 0 radical (unpaired) electrons. The van der Waals surface area contributed by atoms with Crippen molar-refractivity contribution in [2.24, 2.45) is 23.3 Å². The number of likely N-dealkylation sites (tertiary alicyclic amines) is 1. The van der Waals surface area contributed by atoms with Gasteiger partial charge in [0, 0.05) is 82.2 Å². The summed E-state index contributed by atoms with van der Waals surface area (Å²) in [6.45, 7) is 15.3. The Morgan fingerprint density at radius 2 is 1.43 bits per heavy atom. The normalized spacial score (nSPS) is 19.2. The topological polar surface area (TPSA) is 160 Å². The van der Waals surface area contributed by atoms with Gasteiger partial charge in [-0.2, -0.15) is 0 Å². The van der Waals surface area contributed by atoms with Gasteiger partial charge in [0.15, 0.2) is 0 Å². The highest BCUT2D eigenvalue weighted by molar-refractivity contribution is 6.09. The smallest absolute Gasteiger partial charge is 0.249 e. The van der Waals surface area contributed by atoms with Gasteiger partial charge in [-0.25, -0.2) is 4.39 Å². The summed E-state index contributed by atoms with van der Waals surface area (Å²) in [5.41, 5.74) is 14.2. The molecule has 1 atom stereocenters. The second-order valence-electron chi connectivity index (χ2n) is 15.4. The molecule has 0 aromatic heterocycles. The molecule has 3 aliphatic heterocycles. The zero-order valence-electron chi connectivity index (χ0n) is 33.9. The maximum atomic E-state index is 13.2. The van der Waals surface area contributed by atoms with Crippen LogP contribution in [0, 0.1) is 30.0 Å². The summed E-state index contributed by atoms with van der Waals surface area (Å²) >= 11 is 0. The molecule has 6 rings (SSSR count). The minimum absolute atomic E-state index is 0.164. The number of piperidine rings is 1. The fraction of sp³-hybridized carbons (Fsp3) is 0.605. The molecule has 2 aromatic rings. The Labute approximate surface area is 333 Å². The minimum Gasteiger partial charge on any atom is -0.366 e. The van der Waals surface area contributed by atoms with Crippen LogP contribution in [-0.2, 0) is 20.8 Å². The van der Waals surface area contributed by atoms with E-state index in [-0.39, 0.29) is 29.4 Å². The molecule has 0 spiro atoms. The SMILES string of the molecule is CC.Cc1cc(CC(=N)c2ccccc2C(N)=O)ccc1F.NC(C(=O)N1CCN(CC2CCN(CC(=O)N3CCN(C=O)CC3)CC2)CC1)C1CCCCC1. The van der Waals surface area contributed by atoms with Gasteiger partial charge >= 0.3 is 0 Å². The lowest BCUT2D eigenvalue weighted by Crippen LogP contribution is -2.55. The van der Waals surface area contributed by atoms with Crippen molar-refractivity contribution in [3.8, 4) is 0 Å². The molecule has 2 aromatic carbocycles. The Hall–Kier alpha value is -4.20. The van der Waals surface area contributed by atoms with Crippen LogP contribution in [0.4, 0.5) is 4.39 Å². The third-order valence-corrected chi connectivity index (χ3v) is 11.6. The number of carbonyl (C=O) groups is 4. The lowest BCUT2D eigenvalue weighted by atomic mass is 9.83. The molecule has 1 saturated carbocycles. The number of primary amides is 1. The van der Waals surface area contributed by atoms with E-state index in [4.69, 9.17) is 16.9 Å². The second kappa shape index (κ2) is 22.5. The van der Waals surface area contributed by atoms with Crippen molar-refractivity contribution in [2.45, 2.75) is 78.2 Å². The number of benzene rings is 2. The van der Waals surface area contributed by atoms with E-state index in [0.717, 1.165) is 83.5 Å². The number of amides is 4. The largest absolute Gasteiger partial charge is 0.366 e.